The van der Waals surface area contributed by atoms with Gasteiger partial charge in [0.25, 0.3) is 0 Å². The van der Waals surface area contributed by atoms with Gasteiger partial charge in [0.2, 0.25) is 0 Å². The summed E-state index contributed by atoms with van der Waals surface area (Å²) in [6.07, 6.45) is 10.4. The van der Waals surface area contributed by atoms with Crippen molar-refractivity contribution < 1.29 is 0 Å². The molecule has 2 rings (SSSR count). The van der Waals surface area contributed by atoms with Crippen molar-refractivity contribution in [2.75, 3.05) is 5.43 Å². The first kappa shape index (κ1) is 13.6. The van der Waals surface area contributed by atoms with Crippen LogP contribution in [0.25, 0.3) is 0 Å². The molecule has 0 atom stereocenters. The van der Waals surface area contributed by atoms with E-state index in [1.54, 1.807) is 6.33 Å². The van der Waals surface area contributed by atoms with Crippen LogP contribution < -0.4 is 11.3 Å². The van der Waals surface area contributed by atoms with Crippen LogP contribution in [0.2, 0.25) is 0 Å². The second kappa shape index (κ2) is 6.95. The first-order valence-electron chi connectivity index (χ1n) is 6.82. The number of anilines is 1. The average Bonchev–Trinajstić information content (AvgIpc) is 2.42. The maximum absolute atomic E-state index is 5.53. The topological polar surface area (TPSA) is 63.8 Å². The summed E-state index contributed by atoms with van der Waals surface area (Å²) in [6, 6.07) is 0. The summed E-state index contributed by atoms with van der Waals surface area (Å²) >= 11 is 1.91. The van der Waals surface area contributed by atoms with Gasteiger partial charge in [0.1, 0.15) is 17.2 Å². The van der Waals surface area contributed by atoms with Crippen LogP contribution in [0.4, 0.5) is 5.82 Å². The van der Waals surface area contributed by atoms with E-state index in [1.807, 2.05) is 11.8 Å². The van der Waals surface area contributed by atoms with Crippen LogP contribution in [-0.4, -0.2) is 15.2 Å². The van der Waals surface area contributed by atoms with Crippen LogP contribution in [-0.2, 0) is 6.42 Å². The number of thioether (sulfide) groups is 1. The number of nitrogens with one attached hydrogen (secondary N) is 1. The molecule has 0 aromatic carbocycles. The summed E-state index contributed by atoms with van der Waals surface area (Å²) < 4.78 is 0. The molecule has 4 nitrogen and oxygen atoms in total. The van der Waals surface area contributed by atoms with E-state index >= 15 is 0 Å². The van der Waals surface area contributed by atoms with Crippen LogP contribution in [0.15, 0.2) is 11.4 Å². The van der Waals surface area contributed by atoms with Crippen molar-refractivity contribution in [3.63, 3.8) is 0 Å². The Morgan fingerprint density at radius 3 is 2.78 bits per heavy atom. The lowest BCUT2D eigenvalue weighted by Crippen LogP contribution is -2.14. The summed E-state index contributed by atoms with van der Waals surface area (Å²) in [5.41, 5.74) is 3.87. The predicted octanol–water partition coefficient (Wildman–Crippen LogP) is 3.14. The highest BCUT2D eigenvalue weighted by Crippen LogP contribution is 2.35. The summed E-state index contributed by atoms with van der Waals surface area (Å²) in [4.78, 5) is 8.67. The third-order valence-electron chi connectivity index (χ3n) is 3.37. The molecule has 1 fully saturated rings. The van der Waals surface area contributed by atoms with Gasteiger partial charge in [-0.3, -0.25) is 0 Å². The van der Waals surface area contributed by atoms with Crippen molar-refractivity contribution in [2.45, 2.75) is 62.1 Å². The highest BCUT2D eigenvalue weighted by Gasteiger charge is 2.18. The van der Waals surface area contributed by atoms with Gasteiger partial charge in [-0.2, -0.15) is 0 Å². The predicted molar refractivity (Wildman–Crippen MR) is 76.6 cm³/mol. The molecule has 1 heterocycles. The largest absolute Gasteiger partial charge is 0.308 e. The van der Waals surface area contributed by atoms with E-state index < -0.39 is 0 Å². The molecular weight excluding hydrogens is 244 g/mol. The third kappa shape index (κ3) is 3.36. The number of aromatic nitrogens is 2. The van der Waals surface area contributed by atoms with Crippen LogP contribution in [0.3, 0.4) is 0 Å². The number of hydrogen-bond donors (Lipinski definition) is 2. The van der Waals surface area contributed by atoms with Crippen molar-refractivity contribution in [3.05, 3.63) is 11.9 Å². The Balaban J connectivity index is 2.14. The molecule has 0 amide bonds. The van der Waals surface area contributed by atoms with Gasteiger partial charge < -0.3 is 5.43 Å². The molecule has 0 aliphatic heterocycles. The van der Waals surface area contributed by atoms with E-state index in [0.29, 0.717) is 0 Å². The molecule has 0 saturated heterocycles. The van der Waals surface area contributed by atoms with Crippen LogP contribution >= 0.6 is 11.8 Å². The third-order valence-corrected chi connectivity index (χ3v) is 4.75. The van der Waals surface area contributed by atoms with E-state index in [1.165, 1.54) is 37.7 Å². The zero-order valence-electron chi connectivity index (χ0n) is 11.0. The Morgan fingerprint density at radius 1 is 1.33 bits per heavy atom. The minimum Gasteiger partial charge on any atom is -0.308 e. The monoisotopic (exact) mass is 266 g/mol. The van der Waals surface area contributed by atoms with Gasteiger partial charge in [0, 0.05) is 10.8 Å². The molecule has 3 N–H and O–H groups in total. The smallest absolute Gasteiger partial charge is 0.147 e. The number of hydrazine groups is 1. The highest BCUT2D eigenvalue weighted by molar-refractivity contribution is 7.99. The fourth-order valence-electron chi connectivity index (χ4n) is 2.44. The molecule has 0 radical (unpaired) electrons. The average molecular weight is 266 g/mol. The fraction of sp³-hybridized carbons (Fsp3) is 0.692. The second-order valence-corrected chi connectivity index (χ2v) is 6.07. The van der Waals surface area contributed by atoms with Gasteiger partial charge in [-0.25, -0.2) is 15.8 Å². The second-order valence-electron chi connectivity index (χ2n) is 4.78. The molecule has 0 unspecified atom stereocenters. The van der Waals surface area contributed by atoms with Gasteiger partial charge in [-0.05, 0) is 19.3 Å². The molecule has 5 heteroatoms. The van der Waals surface area contributed by atoms with Crippen molar-refractivity contribution in [3.8, 4) is 0 Å². The number of nitrogens with zero attached hydrogens (tertiary/aromatic N) is 2. The lowest BCUT2D eigenvalue weighted by atomic mass is 10.0. The Kier molecular flexibility index (Phi) is 5.26. The van der Waals surface area contributed by atoms with E-state index in [-0.39, 0.29) is 0 Å². The van der Waals surface area contributed by atoms with E-state index in [2.05, 4.69) is 22.3 Å². The van der Waals surface area contributed by atoms with Gasteiger partial charge in [-0.1, -0.05) is 32.6 Å². The molecular formula is C13H22N4S. The maximum Gasteiger partial charge on any atom is 0.147 e. The molecule has 1 aromatic heterocycles. The number of nitrogen functional groups attached to an aromatic ring is 1. The van der Waals surface area contributed by atoms with Crippen LogP contribution in [0.5, 0.6) is 0 Å². The quantitative estimate of drug-likeness (QED) is 0.487. The Morgan fingerprint density at radius 2 is 2.11 bits per heavy atom. The number of nitrogens with two attached hydrogens (primary N) is 1. The fourth-order valence-corrected chi connectivity index (χ4v) is 3.77. The molecule has 100 valence electrons. The summed E-state index contributed by atoms with van der Waals surface area (Å²) in [7, 11) is 0. The van der Waals surface area contributed by atoms with Crippen molar-refractivity contribution in [2.24, 2.45) is 5.84 Å². The molecule has 18 heavy (non-hydrogen) atoms. The number of hydrogen-bond acceptors (Lipinski definition) is 5. The van der Waals surface area contributed by atoms with Crippen molar-refractivity contribution in [1.82, 2.24) is 9.97 Å². The lowest BCUT2D eigenvalue weighted by Gasteiger charge is -2.22. The summed E-state index contributed by atoms with van der Waals surface area (Å²) in [5.74, 6) is 6.32. The summed E-state index contributed by atoms with van der Waals surface area (Å²) in [5, 5.41) is 1.83. The standard InChI is InChI=1S/C13H22N4S/c1-2-6-11-12(17-14)15-9-16-13(11)18-10-7-4-3-5-8-10/h9-10H,2-8,14H2,1H3,(H,15,16,17). The summed E-state index contributed by atoms with van der Waals surface area (Å²) in [6.45, 7) is 2.17. The molecule has 1 aliphatic carbocycles. The van der Waals surface area contributed by atoms with Gasteiger partial charge >= 0.3 is 0 Å². The molecule has 0 bridgehead atoms. The minimum atomic E-state index is 0.717. The zero-order chi connectivity index (χ0) is 12.8. The normalized spacial score (nSPS) is 16.8. The van der Waals surface area contributed by atoms with Gasteiger partial charge in [-0.15, -0.1) is 11.8 Å². The first-order chi connectivity index (χ1) is 8.85. The lowest BCUT2D eigenvalue weighted by molar-refractivity contribution is 0.515. The zero-order valence-corrected chi connectivity index (χ0v) is 11.8. The Hall–Kier alpha value is -0.810. The van der Waals surface area contributed by atoms with Crippen molar-refractivity contribution >= 4 is 17.6 Å². The Bertz CT molecular complexity index is 377. The van der Waals surface area contributed by atoms with E-state index in [4.69, 9.17) is 5.84 Å². The first-order valence-corrected chi connectivity index (χ1v) is 7.70. The SMILES string of the molecule is CCCc1c(NN)ncnc1SC1CCCCC1. The van der Waals surface area contributed by atoms with Gasteiger partial charge in [0.15, 0.2) is 0 Å². The molecule has 1 saturated carbocycles. The maximum atomic E-state index is 5.53. The molecule has 0 spiro atoms. The Labute approximate surface area is 113 Å². The number of rotatable bonds is 5. The van der Waals surface area contributed by atoms with Crippen LogP contribution in [0, 0.1) is 0 Å². The van der Waals surface area contributed by atoms with Crippen molar-refractivity contribution in [1.29, 1.82) is 0 Å². The molecule has 1 aliphatic rings. The van der Waals surface area contributed by atoms with E-state index in [0.717, 1.165) is 28.9 Å². The minimum absolute atomic E-state index is 0.717. The van der Waals surface area contributed by atoms with E-state index in [9.17, 15) is 0 Å². The van der Waals surface area contributed by atoms with Crippen LogP contribution in [0.1, 0.15) is 51.0 Å². The molecule has 1 aromatic rings. The highest BCUT2D eigenvalue weighted by atomic mass is 32.2. The van der Waals surface area contributed by atoms with Gasteiger partial charge in [0.05, 0.1) is 0 Å².